The van der Waals surface area contributed by atoms with Gasteiger partial charge >= 0.3 is 14.8 Å². The molecule has 0 saturated heterocycles. The van der Waals surface area contributed by atoms with E-state index in [1.54, 1.807) is 0 Å². The maximum absolute atomic E-state index is 13.9. The van der Waals surface area contributed by atoms with Crippen molar-refractivity contribution >= 4 is 14.8 Å². The maximum atomic E-state index is 13.9. The van der Waals surface area contributed by atoms with Crippen molar-refractivity contribution in [2.24, 2.45) is 0 Å². The molecule has 0 heterocycles. The Hall–Kier alpha value is -4.02. The molecule has 6 nitrogen and oxygen atoms in total. The lowest BCUT2D eigenvalue weighted by Gasteiger charge is -2.33. The molecule has 4 rings (SSSR count). The topological polar surface area (TPSA) is 63.2 Å². The zero-order valence-electron chi connectivity index (χ0n) is 42.7. The highest BCUT2D eigenvalue weighted by Gasteiger charge is 2.36. The molecule has 62 heavy (non-hydrogen) atoms. The summed E-state index contributed by atoms with van der Waals surface area (Å²) in [6.45, 7) is 49.2. The molecule has 0 amide bonds. The third kappa shape index (κ3) is 12.8. The van der Waals surface area contributed by atoms with Gasteiger partial charge in [-0.1, -0.05) is 172 Å². The maximum Gasteiger partial charge on any atom is 0.530 e. The zero-order chi connectivity index (χ0) is 47.3. The van der Waals surface area contributed by atoms with Gasteiger partial charge in [0.25, 0.3) is 0 Å². The van der Waals surface area contributed by atoms with Gasteiger partial charge in [0.2, 0.25) is 0 Å². The lowest BCUT2D eigenvalue weighted by Crippen LogP contribution is -2.27. The lowest BCUT2D eigenvalue weighted by atomic mass is 9.75. The average Bonchev–Trinajstić information content (AvgIpc) is 3.06. The van der Waals surface area contributed by atoms with Crippen molar-refractivity contribution in [2.45, 2.75) is 197 Å². The Kier molecular flexibility index (Phi) is 14.3. The number of carbonyl (C=O) groups excluding carboxylic acids is 1. The molecule has 0 aliphatic heterocycles. The molecular weight excluding hydrogens is 788 g/mol. The van der Waals surface area contributed by atoms with Crippen LogP contribution in [0.4, 0.5) is 4.79 Å². The lowest BCUT2D eigenvalue weighted by molar-refractivity contribution is 0.0204. The van der Waals surface area contributed by atoms with Crippen molar-refractivity contribution in [2.75, 3.05) is 0 Å². The molecule has 0 unspecified atom stereocenters. The molecule has 0 aliphatic carbocycles. The number of hydrogen-bond acceptors (Lipinski definition) is 6. The van der Waals surface area contributed by atoms with E-state index in [1.807, 2.05) is 32.9 Å². The van der Waals surface area contributed by atoms with E-state index in [0.717, 1.165) is 55.6 Å². The minimum Gasteiger partial charge on any atom is -0.428 e. The largest absolute Gasteiger partial charge is 0.530 e. The average molecular weight is 867 g/mol. The van der Waals surface area contributed by atoms with E-state index >= 15 is 0 Å². The molecule has 4 aromatic rings. The summed E-state index contributed by atoms with van der Waals surface area (Å²) in [5, 5.41) is 0. The van der Waals surface area contributed by atoms with Crippen LogP contribution in [0.2, 0.25) is 0 Å². The smallest absolute Gasteiger partial charge is 0.428 e. The highest BCUT2D eigenvalue weighted by molar-refractivity contribution is 7.43. The molecule has 0 saturated carbocycles. The first kappa shape index (κ1) is 50.6. The van der Waals surface area contributed by atoms with Gasteiger partial charge in [-0.25, -0.2) is 4.79 Å². The van der Waals surface area contributed by atoms with Crippen LogP contribution in [0.1, 0.15) is 190 Å². The first-order valence-electron chi connectivity index (χ1n) is 22.2. The van der Waals surface area contributed by atoms with Gasteiger partial charge in [-0.05, 0) is 103 Å². The normalized spacial score (nSPS) is 13.3. The van der Waals surface area contributed by atoms with Crippen LogP contribution in [0.3, 0.4) is 0 Å². The summed E-state index contributed by atoms with van der Waals surface area (Å²) in [5.41, 5.74) is 7.39. The molecule has 0 radical (unpaired) electrons. The van der Waals surface area contributed by atoms with E-state index in [1.165, 1.54) is 0 Å². The van der Waals surface area contributed by atoms with Gasteiger partial charge in [0, 0.05) is 33.4 Å². The van der Waals surface area contributed by atoms with Crippen molar-refractivity contribution < 1.29 is 27.8 Å². The Morgan fingerprint density at radius 2 is 0.774 bits per heavy atom. The second-order valence-electron chi connectivity index (χ2n) is 24.4. The van der Waals surface area contributed by atoms with Gasteiger partial charge in [-0.3, -0.25) is 0 Å². The van der Waals surface area contributed by atoms with Crippen molar-refractivity contribution in [3.8, 4) is 34.1 Å². The first-order chi connectivity index (χ1) is 27.9. The van der Waals surface area contributed by atoms with E-state index in [4.69, 9.17) is 23.0 Å². The third-order valence-corrected chi connectivity index (χ3v) is 11.8. The Morgan fingerprint density at radius 3 is 1.11 bits per heavy atom. The van der Waals surface area contributed by atoms with E-state index in [0.29, 0.717) is 23.0 Å². The quantitative estimate of drug-likeness (QED) is 0.0999. The molecule has 0 aliphatic rings. The molecular formula is C55H79O6P. The van der Waals surface area contributed by atoms with Crippen LogP contribution < -0.4 is 18.3 Å². The summed E-state index contributed by atoms with van der Waals surface area (Å²) >= 11 is 0. The number of carbonyl (C=O) groups is 1. The minimum absolute atomic E-state index is 0.233. The summed E-state index contributed by atoms with van der Waals surface area (Å²) in [5.74, 6) is 2.43. The van der Waals surface area contributed by atoms with E-state index in [9.17, 15) is 4.79 Å². The van der Waals surface area contributed by atoms with Gasteiger partial charge in [-0.2, -0.15) is 0 Å². The summed E-state index contributed by atoms with van der Waals surface area (Å²) < 4.78 is 34.0. The molecule has 0 atom stereocenters. The highest BCUT2D eigenvalue weighted by Crippen LogP contribution is 2.55. The second-order valence-corrected chi connectivity index (χ2v) is 25.4. The number of ether oxygens (including phenoxy) is 2. The molecule has 7 heteroatoms. The van der Waals surface area contributed by atoms with Gasteiger partial charge in [0.1, 0.15) is 28.6 Å². The molecule has 340 valence electrons. The Balaban J connectivity index is 2.23. The van der Waals surface area contributed by atoms with Gasteiger partial charge in [0.05, 0.1) is 0 Å². The number of rotatable bonds is 8. The van der Waals surface area contributed by atoms with Crippen molar-refractivity contribution in [1.29, 1.82) is 0 Å². The SMILES string of the molecule is Cc1ccc(OP(Oc2ccc(C)cc2C(C)(C)C)Oc2c(-c3cc(C(C)(C)C)cc(C(C)(C)C)c3OC(=O)OC(C)(C)C)cc(C(C)(C)C)cc2C(C)(C)C)c(C(C)(C)C)c1. The molecule has 0 N–H and O–H groups in total. The van der Waals surface area contributed by atoms with E-state index in [-0.39, 0.29) is 21.7 Å². The standard InChI is InChI=1S/C55H79O6P/c1-34-24-26-44(40(28-34)51(9,10)11)59-62(60-45-27-25-35(2)29-41(45)52(12,13)14)61-47-39(31-37(50(6,7)8)33-43(47)54(18,19)20)38-30-36(49(3,4)5)32-42(53(15,16)17)46(38)57-48(56)58-55(21,22)23/h24-33H,1-23H3. The van der Waals surface area contributed by atoms with Gasteiger partial charge in [0.15, 0.2) is 0 Å². The fourth-order valence-corrected chi connectivity index (χ4v) is 8.21. The summed E-state index contributed by atoms with van der Waals surface area (Å²) in [7, 11) is -2.18. The van der Waals surface area contributed by atoms with Crippen LogP contribution in [0, 0.1) is 13.8 Å². The summed E-state index contributed by atoms with van der Waals surface area (Å²) in [6, 6.07) is 21.4. The van der Waals surface area contributed by atoms with Crippen molar-refractivity contribution in [1.82, 2.24) is 0 Å². The zero-order valence-corrected chi connectivity index (χ0v) is 43.6. The minimum atomic E-state index is -2.18. The molecule has 4 aromatic carbocycles. The molecule has 0 aromatic heterocycles. The first-order valence-corrected chi connectivity index (χ1v) is 23.3. The van der Waals surface area contributed by atoms with Crippen LogP contribution in [0.25, 0.3) is 11.1 Å². The number of hydrogen-bond donors (Lipinski definition) is 0. The van der Waals surface area contributed by atoms with Crippen molar-refractivity contribution in [3.05, 3.63) is 105 Å². The fourth-order valence-electron chi connectivity index (χ4n) is 7.11. The van der Waals surface area contributed by atoms with Crippen LogP contribution in [0.5, 0.6) is 23.0 Å². The van der Waals surface area contributed by atoms with E-state index < -0.39 is 31.2 Å². The highest BCUT2D eigenvalue weighted by atomic mass is 31.2. The Labute approximate surface area is 377 Å². The summed E-state index contributed by atoms with van der Waals surface area (Å²) in [6.07, 6.45) is -0.768. The van der Waals surface area contributed by atoms with E-state index in [2.05, 4.69) is 187 Å². The van der Waals surface area contributed by atoms with Crippen LogP contribution >= 0.6 is 8.60 Å². The fraction of sp³-hybridized carbons (Fsp3) is 0.545. The van der Waals surface area contributed by atoms with Crippen LogP contribution in [-0.4, -0.2) is 11.8 Å². The van der Waals surface area contributed by atoms with Crippen molar-refractivity contribution in [3.63, 3.8) is 0 Å². The van der Waals surface area contributed by atoms with Gasteiger partial charge < -0.3 is 23.0 Å². The Bertz CT molecular complexity index is 2190. The summed E-state index contributed by atoms with van der Waals surface area (Å²) in [4.78, 5) is 13.9. The van der Waals surface area contributed by atoms with Crippen LogP contribution in [0.15, 0.2) is 60.7 Å². The Morgan fingerprint density at radius 1 is 0.419 bits per heavy atom. The molecule has 0 spiro atoms. The predicted octanol–water partition coefficient (Wildman–Crippen LogP) is 16.8. The third-order valence-electron chi connectivity index (χ3n) is 10.8. The second kappa shape index (κ2) is 17.5. The van der Waals surface area contributed by atoms with Gasteiger partial charge in [-0.15, -0.1) is 0 Å². The monoisotopic (exact) mass is 867 g/mol. The number of aryl methyl sites for hydroxylation is 2. The predicted molar refractivity (Wildman–Crippen MR) is 262 cm³/mol. The molecule has 0 bridgehead atoms. The molecule has 0 fully saturated rings. The van der Waals surface area contributed by atoms with Crippen LogP contribution in [-0.2, 0) is 37.2 Å². The number of benzene rings is 4.